The van der Waals surface area contributed by atoms with E-state index in [9.17, 15) is 8.78 Å². The molecule has 4 aromatic rings. The second-order valence-corrected chi connectivity index (χ2v) is 25.8. The first-order chi connectivity index (χ1) is 19.1. The van der Waals surface area contributed by atoms with Crippen molar-refractivity contribution in [2.24, 2.45) is 0 Å². The van der Waals surface area contributed by atoms with Crippen LogP contribution in [-0.2, 0) is 0 Å². The first-order valence-corrected chi connectivity index (χ1v) is 20.4. The smallest absolute Gasteiger partial charge is 0.169 e. The van der Waals surface area contributed by atoms with Crippen LogP contribution in [0.15, 0.2) is 59.3 Å². The second-order valence-electron chi connectivity index (χ2n) is 13.6. The van der Waals surface area contributed by atoms with E-state index in [1.165, 1.54) is 5.52 Å². The number of hydrogen-bond donors (Lipinski definition) is 0. The van der Waals surface area contributed by atoms with Crippen LogP contribution in [0, 0.1) is 11.6 Å². The third-order valence-corrected chi connectivity index (χ3v) is 24.1. The van der Waals surface area contributed by atoms with Crippen molar-refractivity contribution in [1.82, 2.24) is 8.47 Å². The van der Waals surface area contributed by atoms with Gasteiger partial charge in [0.05, 0.1) is 4.47 Å². The highest BCUT2D eigenvalue weighted by Crippen LogP contribution is 2.46. The Kier molecular flexibility index (Phi) is 10.6. The zero-order valence-electron chi connectivity index (χ0n) is 27.2. The van der Waals surface area contributed by atoms with Crippen LogP contribution in [0.5, 0.6) is 0 Å². The number of benzene rings is 2. The number of aromatic nitrogens is 2. The normalized spacial score (nSPS) is 13.1. The Morgan fingerprint density at radius 3 is 1.44 bits per heavy atom. The Balaban J connectivity index is 0.000000226. The molecule has 0 radical (unpaired) electrons. The third-order valence-electron chi connectivity index (χ3n) is 9.80. The number of rotatable bonds is 8. The van der Waals surface area contributed by atoms with Crippen molar-refractivity contribution in [1.29, 1.82) is 0 Å². The van der Waals surface area contributed by atoms with Gasteiger partial charge in [-0.15, -0.1) is 0 Å². The van der Waals surface area contributed by atoms with Crippen LogP contribution in [0.4, 0.5) is 8.78 Å². The molecule has 2 heterocycles. The molecule has 0 fully saturated rings. The van der Waals surface area contributed by atoms with Crippen LogP contribution in [0.25, 0.3) is 21.8 Å². The molecule has 0 bridgehead atoms. The van der Waals surface area contributed by atoms with Gasteiger partial charge in [0.15, 0.2) is 16.5 Å². The molecule has 0 aliphatic rings. The summed E-state index contributed by atoms with van der Waals surface area (Å²) in [5.41, 5.74) is 6.14. The maximum atomic E-state index is 13.8. The van der Waals surface area contributed by atoms with E-state index in [0.29, 0.717) is 37.7 Å². The topological polar surface area (TPSA) is 9.86 Å². The van der Waals surface area contributed by atoms with Gasteiger partial charge in [-0.3, -0.25) is 0 Å². The molecule has 0 saturated carbocycles. The maximum Gasteiger partial charge on any atom is 0.169 e. The van der Waals surface area contributed by atoms with Crippen molar-refractivity contribution in [3.05, 3.63) is 71.0 Å². The standard InChI is InChI=1S/C17H25BrFNSi.C17H26FNSi/c1-11(2)21(12(3)4,13(5)6)20-10-9-14-16(20)8-7-15(19)17(14)18;1-12(2)20(13(3)4,14(5)6)19-10-9-15-11-16(18)7-8-17(15)19/h7-13H,1-6H3;7-14H,1-6H3. The fourth-order valence-electron chi connectivity index (χ4n) is 8.61. The molecule has 0 unspecified atom stereocenters. The van der Waals surface area contributed by atoms with Crippen molar-refractivity contribution in [2.75, 3.05) is 0 Å². The number of hydrogen-bond acceptors (Lipinski definition) is 0. The summed E-state index contributed by atoms with van der Waals surface area (Å²) in [6.45, 7) is 28.2. The summed E-state index contributed by atoms with van der Waals surface area (Å²) in [4.78, 5) is 0. The summed E-state index contributed by atoms with van der Waals surface area (Å²) in [5.74, 6) is -0.340. The minimum Gasteiger partial charge on any atom is -0.373 e. The van der Waals surface area contributed by atoms with Crippen LogP contribution in [0.1, 0.15) is 83.1 Å². The van der Waals surface area contributed by atoms with Crippen molar-refractivity contribution in [2.45, 2.75) is 116 Å². The monoisotopic (exact) mass is 660 g/mol. The van der Waals surface area contributed by atoms with Gasteiger partial charge in [-0.25, -0.2) is 8.78 Å². The van der Waals surface area contributed by atoms with Crippen LogP contribution < -0.4 is 0 Å². The van der Waals surface area contributed by atoms with Crippen LogP contribution in [0.3, 0.4) is 0 Å². The molecule has 2 nitrogen and oxygen atoms in total. The fourth-order valence-corrected chi connectivity index (χ4v) is 22.3. The zero-order valence-corrected chi connectivity index (χ0v) is 30.8. The van der Waals surface area contributed by atoms with E-state index in [0.717, 1.165) is 16.3 Å². The van der Waals surface area contributed by atoms with Gasteiger partial charge in [-0.05, 0) is 104 Å². The molecule has 7 heteroatoms. The lowest BCUT2D eigenvalue weighted by Gasteiger charge is -2.44. The highest BCUT2D eigenvalue weighted by molar-refractivity contribution is 9.10. The quantitative estimate of drug-likeness (QED) is 0.166. The zero-order chi connectivity index (χ0) is 31.0. The first-order valence-electron chi connectivity index (χ1n) is 15.3. The summed E-state index contributed by atoms with van der Waals surface area (Å²) in [5, 5.41) is 2.00. The molecule has 226 valence electrons. The summed E-state index contributed by atoms with van der Waals surface area (Å²) in [7, 11) is -3.52. The van der Waals surface area contributed by atoms with Gasteiger partial charge in [0.1, 0.15) is 11.6 Å². The van der Waals surface area contributed by atoms with Crippen molar-refractivity contribution in [3.63, 3.8) is 0 Å². The van der Waals surface area contributed by atoms with Crippen LogP contribution in [0.2, 0.25) is 33.2 Å². The number of halogens is 3. The summed E-state index contributed by atoms with van der Waals surface area (Å²) < 4.78 is 32.8. The average Bonchev–Trinajstić information content (AvgIpc) is 3.46. The van der Waals surface area contributed by atoms with Crippen LogP contribution in [-0.4, -0.2) is 24.9 Å². The Bertz CT molecular complexity index is 1420. The predicted molar refractivity (Wildman–Crippen MR) is 184 cm³/mol. The largest absolute Gasteiger partial charge is 0.373 e. The van der Waals surface area contributed by atoms with Gasteiger partial charge < -0.3 is 8.47 Å². The summed E-state index contributed by atoms with van der Waals surface area (Å²) >= 11 is 3.40. The Morgan fingerprint density at radius 2 is 0.976 bits per heavy atom. The Morgan fingerprint density at radius 1 is 0.561 bits per heavy atom. The summed E-state index contributed by atoms with van der Waals surface area (Å²) in [6, 6.07) is 12.8. The van der Waals surface area contributed by atoms with E-state index in [2.05, 4.69) is 132 Å². The third kappa shape index (κ3) is 5.67. The molecule has 0 saturated heterocycles. The highest BCUT2D eigenvalue weighted by atomic mass is 79.9. The van der Waals surface area contributed by atoms with Gasteiger partial charge in [-0.1, -0.05) is 83.1 Å². The molecule has 2 aromatic heterocycles. The van der Waals surface area contributed by atoms with Gasteiger partial charge >= 0.3 is 0 Å². The maximum absolute atomic E-state index is 13.8. The molecule has 2 aromatic carbocycles. The van der Waals surface area contributed by atoms with Crippen molar-refractivity contribution < 1.29 is 8.78 Å². The highest BCUT2D eigenvalue weighted by Gasteiger charge is 2.46. The van der Waals surface area contributed by atoms with Gasteiger partial charge in [0.25, 0.3) is 0 Å². The fraction of sp³-hybridized carbons (Fsp3) is 0.529. The van der Waals surface area contributed by atoms with Crippen molar-refractivity contribution in [3.8, 4) is 0 Å². The van der Waals surface area contributed by atoms with E-state index >= 15 is 0 Å². The molecule has 41 heavy (non-hydrogen) atoms. The second kappa shape index (κ2) is 12.9. The molecule has 0 spiro atoms. The van der Waals surface area contributed by atoms with E-state index in [1.54, 1.807) is 18.2 Å². The number of fused-ring (bicyclic) bond motifs is 2. The van der Waals surface area contributed by atoms with Crippen molar-refractivity contribution >= 4 is 54.2 Å². The Labute approximate surface area is 257 Å². The molecular weight excluding hydrogens is 610 g/mol. The van der Waals surface area contributed by atoms with Gasteiger partial charge in [0, 0.05) is 21.8 Å². The van der Waals surface area contributed by atoms with Gasteiger partial charge in [-0.2, -0.15) is 0 Å². The minimum atomic E-state index is -1.78. The molecule has 0 N–H and O–H groups in total. The first kappa shape index (κ1) is 33.8. The summed E-state index contributed by atoms with van der Waals surface area (Å²) in [6.07, 6.45) is 4.37. The number of nitrogens with zero attached hydrogens (tertiary/aromatic N) is 2. The minimum absolute atomic E-state index is 0.152. The Hall–Kier alpha value is -1.71. The van der Waals surface area contributed by atoms with Crippen LogP contribution >= 0.6 is 15.9 Å². The molecular formula is C34H51BrF2N2Si2. The lowest BCUT2D eigenvalue weighted by Crippen LogP contribution is -2.51. The molecule has 0 aliphatic carbocycles. The van der Waals surface area contributed by atoms with E-state index < -0.39 is 16.5 Å². The molecule has 0 aliphatic heterocycles. The van der Waals surface area contributed by atoms with E-state index in [-0.39, 0.29) is 11.6 Å². The molecule has 0 amide bonds. The average molecular weight is 662 g/mol. The lowest BCUT2D eigenvalue weighted by atomic mass is 10.2. The molecule has 4 rings (SSSR count). The van der Waals surface area contributed by atoms with E-state index in [4.69, 9.17) is 0 Å². The van der Waals surface area contributed by atoms with E-state index in [1.807, 2.05) is 12.1 Å². The predicted octanol–water partition coefficient (Wildman–Crippen LogP) is 12.4. The van der Waals surface area contributed by atoms with Gasteiger partial charge in [0.2, 0.25) is 0 Å². The lowest BCUT2D eigenvalue weighted by molar-refractivity contribution is 0.623. The molecule has 0 atom stereocenters. The SMILES string of the molecule is CC(C)[Si](C(C)C)(C(C)C)n1ccc2c(Br)c(F)ccc21.CC(C)[Si](C(C)C)(C(C)C)n1ccc2cc(F)ccc21.